The van der Waals surface area contributed by atoms with E-state index in [9.17, 15) is 9.59 Å². The molecule has 0 heterocycles. The number of likely N-dealkylation sites (N-methyl/N-ethyl adjacent to an activating group) is 2. The summed E-state index contributed by atoms with van der Waals surface area (Å²) in [5.74, 6) is -0.0166. The molecule has 0 fully saturated rings. The van der Waals surface area contributed by atoms with Gasteiger partial charge in [-0.1, -0.05) is 90.0 Å². The molecule has 0 saturated carbocycles. The summed E-state index contributed by atoms with van der Waals surface area (Å²) >= 11 is 0. The summed E-state index contributed by atoms with van der Waals surface area (Å²) in [7, 11) is -30.2. The predicted octanol–water partition coefficient (Wildman–Crippen LogP) is 15.7. The average molecular weight is 1740 g/mol. The highest BCUT2D eigenvalue weighted by Gasteiger charge is 2.52. The van der Waals surface area contributed by atoms with E-state index in [4.69, 9.17) is 54.1 Å². The molecule has 0 radical (unpaired) electrons. The Morgan fingerprint density at radius 2 is 0.607 bits per heavy atom. The van der Waals surface area contributed by atoms with Crippen molar-refractivity contribution in [3.63, 3.8) is 0 Å². The molecule has 0 atom stereocenters. The number of nitrogens with one attached hydrogen (secondary N) is 6. The fraction of sp³-hybridized carbons (Fsp3) is 0.915. The van der Waals surface area contributed by atoms with Crippen molar-refractivity contribution in [2.75, 3.05) is 118 Å². The summed E-state index contributed by atoms with van der Waals surface area (Å²) in [6.07, 6.45) is 28.7. The van der Waals surface area contributed by atoms with Gasteiger partial charge in [-0.25, -0.2) is 0 Å². The molecule has 36 heteroatoms. The fourth-order valence-corrected chi connectivity index (χ4v) is 78.8. The maximum atomic E-state index is 12.8. The quantitative estimate of drug-likeness (QED) is 0.0144. The Morgan fingerprint density at radius 1 is 0.308 bits per heavy atom. The molecule has 23 nitrogen and oxygen atoms in total. The minimum Gasteiger partial charge on any atom is -0.466 e. The van der Waals surface area contributed by atoms with E-state index in [1.165, 1.54) is 77.0 Å². The number of hydrogen-bond acceptors (Lipinski definition) is 22. The van der Waals surface area contributed by atoms with Gasteiger partial charge in [0, 0.05) is 91.5 Å². The molecular formula is C71H172N8O15Si13. The Kier molecular flexibility index (Phi) is 56.5. The van der Waals surface area contributed by atoms with Gasteiger partial charge in [0.15, 0.2) is 8.32 Å². The van der Waals surface area contributed by atoms with E-state index in [1.54, 1.807) is 0 Å². The Bertz CT molecular complexity index is 2390. The van der Waals surface area contributed by atoms with Crippen molar-refractivity contribution >= 4 is 123 Å². The van der Waals surface area contributed by atoms with Gasteiger partial charge in [-0.05, 0) is 255 Å². The number of unbranched alkanes of at least 4 members (excludes halogenated alkanes) is 10. The summed E-state index contributed by atoms with van der Waals surface area (Å²) in [4.78, 5) is 29.8. The molecule has 107 heavy (non-hydrogen) atoms. The third kappa shape index (κ3) is 67.2. The maximum Gasteiger partial charge on any atom is 0.314 e. The molecule has 0 aliphatic carbocycles. The number of nitrogens with zero attached hydrogens (tertiary/aromatic N) is 2. The van der Waals surface area contributed by atoms with Crippen LogP contribution in [0.3, 0.4) is 0 Å². The lowest BCUT2D eigenvalue weighted by Crippen LogP contribution is -2.63. The van der Waals surface area contributed by atoms with Gasteiger partial charge in [0.1, 0.15) is 6.23 Å². The standard InChI is InChI=1S/C42H114N4O14Si13.C29H58N4O/c1-30-31-33-44-36-39-46(38-35-43-2)40-37-45-34-32-42(47)48-41-62(6,7)50-64(10,11)52-66(14,15)54-68(18,19)56-70(22,23)58-72(26,27)60-73(28,29)59-71(24,25)57-69(20,21)55-67(16,17)53-65(12,13)51-63(8,9)49-61(3,4)5;1-4-6-8-9-10-11-12-13-14-15-16-17-18-19-20-21-29(34)32-25-28-33(26-23-30-3)27-24-31-22-7-5-2/h43-45H,30-41H2,1-29H3;10-11,13-14,30-31H,4-9,12,15-28H2,1-3H3,(H,32,34)/b;11-10-,14-13-. The van der Waals surface area contributed by atoms with Gasteiger partial charge in [-0.3, -0.25) is 19.4 Å². The first-order valence-corrected chi connectivity index (χ1v) is 78.6. The van der Waals surface area contributed by atoms with Crippen LogP contribution in [0.5, 0.6) is 0 Å². The van der Waals surface area contributed by atoms with Crippen LogP contribution in [0.15, 0.2) is 24.3 Å². The first-order valence-electron chi connectivity index (χ1n) is 41.1. The average Bonchev–Trinajstić information content (AvgIpc) is 0.788. The summed E-state index contributed by atoms with van der Waals surface area (Å²) in [5.41, 5.74) is 0. The maximum absolute atomic E-state index is 12.8. The molecule has 0 aromatic rings. The van der Waals surface area contributed by atoms with Crippen LogP contribution in [0.1, 0.15) is 130 Å². The van der Waals surface area contributed by atoms with Gasteiger partial charge in [0.2, 0.25) is 14.2 Å². The number of carbonyl (C=O) groups excluding carboxylic acids is 2. The van der Waals surface area contributed by atoms with Gasteiger partial charge in [-0.2, -0.15) is 0 Å². The number of allylic oxidation sites excluding steroid dienone is 4. The van der Waals surface area contributed by atoms with Gasteiger partial charge in [0.25, 0.3) is 0 Å². The zero-order valence-corrected chi connectivity index (χ0v) is 88.2. The van der Waals surface area contributed by atoms with E-state index in [2.05, 4.69) is 224 Å². The van der Waals surface area contributed by atoms with Crippen LogP contribution >= 0.6 is 0 Å². The number of hydrogen-bond donors (Lipinski definition) is 6. The lowest BCUT2D eigenvalue weighted by molar-refractivity contribution is -0.142. The van der Waals surface area contributed by atoms with Crippen molar-refractivity contribution in [3.8, 4) is 0 Å². The lowest BCUT2D eigenvalue weighted by Gasteiger charge is -2.45. The fourth-order valence-electron chi connectivity index (χ4n) is 13.5. The van der Waals surface area contributed by atoms with Crippen molar-refractivity contribution in [2.24, 2.45) is 0 Å². The summed E-state index contributed by atoms with van der Waals surface area (Å²) in [6, 6.07) is 0. The van der Waals surface area contributed by atoms with E-state index in [0.29, 0.717) is 19.4 Å². The second-order valence-electron chi connectivity index (χ2n) is 35.1. The van der Waals surface area contributed by atoms with Crippen LogP contribution in [-0.2, 0) is 63.7 Å². The third-order valence-electron chi connectivity index (χ3n) is 15.8. The molecular weight excluding hydrogens is 1570 g/mol. The topological polar surface area (TPSA) is 233 Å². The van der Waals surface area contributed by atoms with E-state index in [1.807, 2.05) is 53.4 Å². The molecule has 0 saturated heterocycles. The molecule has 0 aromatic carbocycles. The van der Waals surface area contributed by atoms with Gasteiger partial charge in [0.05, 0.1) is 6.42 Å². The van der Waals surface area contributed by atoms with Crippen LogP contribution in [0.25, 0.3) is 0 Å². The molecule has 0 spiro atoms. The Labute approximate surface area is 672 Å². The Balaban J connectivity index is 0. The van der Waals surface area contributed by atoms with E-state index < -0.39 is 111 Å². The highest BCUT2D eigenvalue weighted by Crippen LogP contribution is 2.32. The first-order chi connectivity index (χ1) is 49.1. The highest BCUT2D eigenvalue weighted by molar-refractivity contribution is 6.94. The molecule has 0 bridgehead atoms. The predicted molar refractivity (Wildman–Crippen MR) is 483 cm³/mol. The summed E-state index contributed by atoms with van der Waals surface area (Å²) in [6.45, 7) is 76.8. The number of carbonyl (C=O) groups is 2. The molecule has 0 aromatic heterocycles. The third-order valence-corrected chi connectivity index (χ3v) is 64.5. The largest absolute Gasteiger partial charge is 0.466 e. The van der Waals surface area contributed by atoms with Crippen molar-refractivity contribution in [1.82, 2.24) is 41.7 Å². The van der Waals surface area contributed by atoms with Crippen molar-refractivity contribution in [3.05, 3.63) is 24.3 Å². The van der Waals surface area contributed by atoms with E-state index in [-0.39, 0.29) is 18.1 Å². The molecule has 6 N–H and O–H groups in total. The summed E-state index contributed by atoms with van der Waals surface area (Å²) in [5, 5.41) is 20.0. The highest BCUT2D eigenvalue weighted by atomic mass is 28.5. The molecule has 0 aliphatic heterocycles. The molecule has 1 amide bonds. The van der Waals surface area contributed by atoms with Gasteiger partial charge >= 0.3 is 100 Å². The molecule has 0 unspecified atom stereocenters. The Morgan fingerprint density at radius 3 is 0.953 bits per heavy atom. The van der Waals surface area contributed by atoms with Crippen LogP contribution in [0.2, 0.25) is 177 Å². The van der Waals surface area contributed by atoms with Crippen LogP contribution in [-0.4, -0.2) is 251 Å². The molecule has 638 valence electrons. The number of ether oxygens (including phenoxy) is 1. The lowest BCUT2D eigenvalue weighted by atomic mass is 10.1. The molecule has 0 rings (SSSR count). The first kappa shape index (κ1) is 110. The normalized spacial score (nSPS) is 14.0. The zero-order valence-electron chi connectivity index (χ0n) is 75.2. The number of rotatable bonds is 67. The van der Waals surface area contributed by atoms with Crippen molar-refractivity contribution in [2.45, 2.75) is 307 Å². The smallest absolute Gasteiger partial charge is 0.314 e. The zero-order chi connectivity index (χ0) is 82.4. The minimum absolute atomic E-state index is 0.209. The second-order valence-corrected chi connectivity index (χ2v) is 83.7. The molecule has 0 aliphatic rings. The second kappa shape index (κ2) is 55.2. The Hall–Kier alpha value is 0.479. The van der Waals surface area contributed by atoms with Crippen LogP contribution < -0.4 is 31.9 Å². The monoisotopic (exact) mass is 1740 g/mol. The van der Waals surface area contributed by atoms with Crippen molar-refractivity contribution in [1.29, 1.82) is 0 Å². The van der Waals surface area contributed by atoms with E-state index in [0.717, 1.165) is 111 Å². The van der Waals surface area contributed by atoms with Crippen LogP contribution in [0, 0.1) is 0 Å². The minimum atomic E-state index is -2.82. The van der Waals surface area contributed by atoms with Crippen molar-refractivity contribution < 1.29 is 63.7 Å². The summed E-state index contributed by atoms with van der Waals surface area (Å²) < 4.78 is 87.2. The number of esters is 1. The number of amides is 1. The van der Waals surface area contributed by atoms with Gasteiger partial charge in [-0.15, -0.1) is 0 Å². The van der Waals surface area contributed by atoms with Gasteiger partial charge < -0.3 is 86.0 Å². The van der Waals surface area contributed by atoms with Crippen LogP contribution in [0.4, 0.5) is 0 Å². The SMILES string of the molecule is CCCCC/C=C\C/C=C\CCCCCCCC(=O)NCCN(CCNC)CCNCCCC.CCCCNCCN(CCNC)CCNCCC(=O)OC[Si](C)(C)O[Si](C)(C)O[Si](C)(C)O[Si](C)(C)O[Si](C)(C)O[Si](C)(C)O[Si](C)(C)O[Si](C)(C)O[Si](C)(C)O[Si](C)(C)O[Si](C)(C)O[Si](C)(C)O[Si](C)(C)C. The van der Waals surface area contributed by atoms with E-state index >= 15 is 0 Å².